The Balaban J connectivity index is 1.50. The predicted molar refractivity (Wildman–Crippen MR) is 72.0 cm³/mol. The van der Waals surface area contributed by atoms with Crippen LogP contribution >= 0.6 is 0 Å². The van der Waals surface area contributed by atoms with Gasteiger partial charge in [-0.2, -0.15) is 0 Å². The number of benzene rings is 1. The molecular weight excluding hydrogens is 225 g/mol. The normalized spacial score (nSPS) is 28.3. The molecule has 0 bridgehead atoms. The van der Waals surface area contributed by atoms with Gasteiger partial charge in [0, 0.05) is 19.6 Å². The molecule has 1 aliphatic carbocycles. The molecule has 0 spiro atoms. The molecule has 2 fully saturated rings. The summed E-state index contributed by atoms with van der Waals surface area (Å²) in [5, 5.41) is 0. The van der Waals surface area contributed by atoms with Crippen molar-refractivity contribution in [1.82, 2.24) is 4.90 Å². The maximum Gasteiger partial charge on any atom is 0.123 e. The Labute approximate surface area is 109 Å². The summed E-state index contributed by atoms with van der Waals surface area (Å²) >= 11 is 0. The topological polar surface area (TPSA) is 3.24 Å². The van der Waals surface area contributed by atoms with Crippen molar-refractivity contribution in [3.63, 3.8) is 0 Å². The Morgan fingerprint density at radius 1 is 1.00 bits per heavy atom. The van der Waals surface area contributed by atoms with Crippen molar-refractivity contribution >= 4 is 0 Å². The number of hydrogen-bond donors (Lipinski definition) is 0. The molecule has 0 amide bonds. The molecular formula is C16H22FN. The summed E-state index contributed by atoms with van der Waals surface area (Å²) in [5.74, 6) is 1.80. The van der Waals surface area contributed by atoms with Gasteiger partial charge in [0.15, 0.2) is 0 Å². The molecule has 2 heteroatoms. The molecule has 1 saturated carbocycles. The van der Waals surface area contributed by atoms with Crippen LogP contribution in [0.1, 0.15) is 31.2 Å². The molecule has 18 heavy (non-hydrogen) atoms. The molecule has 1 aromatic carbocycles. The number of nitrogens with zero attached hydrogens (tertiary/aromatic N) is 1. The third kappa shape index (κ3) is 2.74. The van der Waals surface area contributed by atoms with Gasteiger partial charge in [-0.05, 0) is 48.8 Å². The van der Waals surface area contributed by atoms with Crippen LogP contribution in [0.25, 0.3) is 0 Å². The van der Waals surface area contributed by atoms with Crippen LogP contribution in [0.2, 0.25) is 0 Å². The average molecular weight is 247 g/mol. The molecule has 98 valence electrons. The van der Waals surface area contributed by atoms with Crippen LogP contribution in [0.4, 0.5) is 4.39 Å². The van der Waals surface area contributed by atoms with Gasteiger partial charge in [-0.1, -0.05) is 25.0 Å². The first-order chi connectivity index (χ1) is 8.81. The minimum atomic E-state index is -0.133. The van der Waals surface area contributed by atoms with Crippen LogP contribution in [-0.4, -0.2) is 24.5 Å². The molecule has 1 saturated heterocycles. The van der Waals surface area contributed by atoms with E-state index in [4.69, 9.17) is 0 Å². The van der Waals surface area contributed by atoms with Gasteiger partial charge in [-0.25, -0.2) is 4.39 Å². The van der Waals surface area contributed by atoms with E-state index in [1.54, 1.807) is 12.1 Å². The van der Waals surface area contributed by atoms with Crippen molar-refractivity contribution in [3.05, 3.63) is 35.6 Å². The number of halogens is 1. The monoisotopic (exact) mass is 247 g/mol. The molecule has 1 aliphatic heterocycles. The lowest BCUT2D eigenvalue weighted by Gasteiger charge is -2.23. The Kier molecular flexibility index (Phi) is 3.64. The van der Waals surface area contributed by atoms with Gasteiger partial charge in [-0.3, -0.25) is 0 Å². The molecule has 2 atom stereocenters. The smallest absolute Gasteiger partial charge is 0.123 e. The summed E-state index contributed by atoms with van der Waals surface area (Å²) in [4.78, 5) is 2.62. The fourth-order valence-corrected chi connectivity index (χ4v) is 3.62. The quantitative estimate of drug-likeness (QED) is 0.790. The molecule has 0 aromatic heterocycles. The molecule has 1 nitrogen and oxygen atoms in total. The van der Waals surface area contributed by atoms with Crippen molar-refractivity contribution < 1.29 is 4.39 Å². The van der Waals surface area contributed by atoms with E-state index in [9.17, 15) is 4.39 Å². The van der Waals surface area contributed by atoms with E-state index in [0.29, 0.717) is 0 Å². The lowest BCUT2D eigenvalue weighted by Crippen LogP contribution is -2.23. The number of fused-ring (bicyclic) bond motifs is 1. The summed E-state index contributed by atoms with van der Waals surface area (Å²) < 4.78 is 12.8. The van der Waals surface area contributed by atoms with E-state index in [2.05, 4.69) is 4.90 Å². The standard InChI is InChI=1S/C16H22FN/c17-16-7-5-13(6-8-16)9-10-18-11-14-3-1-2-4-15(14)12-18/h5-8,14-15H,1-4,9-12H2/t14-,15+. The van der Waals surface area contributed by atoms with Crippen molar-refractivity contribution in [1.29, 1.82) is 0 Å². The Bertz CT molecular complexity index is 373. The zero-order chi connectivity index (χ0) is 12.4. The summed E-state index contributed by atoms with van der Waals surface area (Å²) in [7, 11) is 0. The zero-order valence-electron chi connectivity index (χ0n) is 10.9. The third-order valence-electron chi connectivity index (χ3n) is 4.68. The van der Waals surface area contributed by atoms with Gasteiger partial charge in [0.05, 0.1) is 0 Å². The van der Waals surface area contributed by atoms with Gasteiger partial charge in [0.1, 0.15) is 5.82 Å². The van der Waals surface area contributed by atoms with Crippen LogP contribution in [-0.2, 0) is 6.42 Å². The second-order valence-electron chi connectivity index (χ2n) is 5.94. The van der Waals surface area contributed by atoms with E-state index >= 15 is 0 Å². The van der Waals surface area contributed by atoms with E-state index in [1.807, 2.05) is 12.1 Å². The van der Waals surface area contributed by atoms with E-state index in [1.165, 1.54) is 44.3 Å². The highest BCUT2D eigenvalue weighted by molar-refractivity contribution is 5.16. The molecule has 0 unspecified atom stereocenters. The maximum absolute atomic E-state index is 12.8. The number of rotatable bonds is 3. The van der Waals surface area contributed by atoms with Gasteiger partial charge in [0.2, 0.25) is 0 Å². The van der Waals surface area contributed by atoms with Gasteiger partial charge in [0.25, 0.3) is 0 Å². The summed E-state index contributed by atoms with van der Waals surface area (Å²) in [5.41, 5.74) is 1.26. The van der Waals surface area contributed by atoms with E-state index in [0.717, 1.165) is 24.8 Å². The highest BCUT2D eigenvalue weighted by atomic mass is 19.1. The minimum absolute atomic E-state index is 0.133. The second-order valence-corrected chi connectivity index (χ2v) is 5.94. The minimum Gasteiger partial charge on any atom is -0.302 e. The van der Waals surface area contributed by atoms with Gasteiger partial charge in [-0.15, -0.1) is 0 Å². The summed E-state index contributed by atoms with van der Waals surface area (Å²) in [6.07, 6.45) is 6.81. The van der Waals surface area contributed by atoms with Crippen molar-refractivity contribution in [3.8, 4) is 0 Å². The largest absolute Gasteiger partial charge is 0.302 e. The second kappa shape index (κ2) is 5.40. The number of hydrogen-bond acceptors (Lipinski definition) is 1. The zero-order valence-corrected chi connectivity index (χ0v) is 10.9. The van der Waals surface area contributed by atoms with Crippen LogP contribution in [0.15, 0.2) is 24.3 Å². The Hall–Kier alpha value is -0.890. The van der Waals surface area contributed by atoms with Crippen molar-refractivity contribution in [2.24, 2.45) is 11.8 Å². The maximum atomic E-state index is 12.8. The Morgan fingerprint density at radius 2 is 1.61 bits per heavy atom. The highest BCUT2D eigenvalue weighted by Crippen LogP contribution is 2.35. The van der Waals surface area contributed by atoms with Gasteiger partial charge >= 0.3 is 0 Å². The van der Waals surface area contributed by atoms with Crippen LogP contribution in [0.5, 0.6) is 0 Å². The Morgan fingerprint density at radius 3 is 2.22 bits per heavy atom. The van der Waals surface area contributed by atoms with E-state index < -0.39 is 0 Å². The summed E-state index contributed by atoms with van der Waals surface area (Å²) in [6, 6.07) is 6.97. The lowest BCUT2D eigenvalue weighted by molar-refractivity contribution is 0.299. The first kappa shape index (κ1) is 12.2. The van der Waals surface area contributed by atoms with Crippen LogP contribution in [0.3, 0.4) is 0 Å². The third-order valence-corrected chi connectivity index (χ3v) is 4.68. The summed E-state index contributed by atoms with van der Waals surface area (Å²) in [6.45, 7) is 3.73. The van der Waals surface area contributed by atoms with Crippen LogP contribution < -0.4 is 0 Å². The molecule has 0 N–H and O–H groups in total. The predicted octanol–water partition coefficient (Wildman–Crippen LogP) is 3.49. The SMILES string of the molecule is Fc1ccc(CCN2C[C@H]3CCCC[C@H]3C2)cc1. The number of likely N-dealkylation sites (tertiary alicyclic amines) is 1. The molecule has 3 rings (SSSR count). The fraction of sp³-hybridized carbons (Fsp3) is 0.625. The molecule has 1 heterocycles. The lowest BCUT2D eigenvalue weighted by atomic mass is 9.82. The highest BCUT2D eigenvalue weighted by Gasteiger charge is 2.33. The van der Waals surface area contributed by atoms with Crippen molar-refractivity contribution in [2.75, 3.05) is 19.6 Å². The first-order valence-corrected chi connectivity index (χ1v) is 7.28. The van der Waals surface area contributed by atoms with Crippen molar-refractivity contribution in [2.45, 2.75) is 32.1 Å². The average Bonchev–Trinajstić information content (AvgIpc) is 2.81. The first-order valence-electron chi connectivity index (χ1n) is 7.28. The molecule has 0 radical (unpaired) electrons. The fourth-order valence-electron chi connectivity index (χ4n) is 3.62. The molecule has 1 aromatic rings. The van der Waals surface area contributed by atoms with Gasteiger partial charge < -0.3 is 4.90 Å². The van der Waals surface area contributed by atoms with Crippen LogP contribution in [0, 0.1) is 17.7 Å². The molecule has 2 aliphatic rings. The van der Waals surface area contributed by atoms with E-state index in [-0.39, 0.29) is 5.82 Å².